The average molecular weight is 229 g/mol. The molecule has 0 radical (unpaired) electrons. The third kappa shape index (κ3) is 2.15. The lowest BCUT2D eigenvalue weighted by molar-refractivity contribution is 0.932. The zero-order valence-corrected chi connectivity index (χ0v) is 9.49. The van der Waals surface area contributed by atoms with Crippen molar-refractivity contribution in [1.82, 2.24) is 19.9 Å². The van der Waals surface area contributed by atoms with Crippen LogP contribution >= 0.6 is 0 Å². The van der Waals surface area contributed by atoms with E-state index < -0.39 is 0 Å². The summed E-state index contributed by atoms with van der Waals surface area (Å²) in [6, 6.07) is 3.92. The van der Waals surface area contributed by atoms with Gasteiger partial charge in [0.25, 0.3) is 0 Å². The largest absolute Gasteiger partial charge is 0.376 e. The molecule has 0 saturated carbocycles. The summed E-state index contributed by atoms with van der Waals surface area (Å²) in [6.07, 6.45) is 4.62. The first-order valence-corrected chi connectivity index (χ1v) is 4.90. The zero-order valence-electron chi connectivity index (χ0n) is 9.49. The summed E-state index contributed by atoms with van der Waals surface area (Å²) >= 11 is 0. The molecule has 0 aromatic carbocycles. The maximum Gasteiger partial charge on any atom is 0.165 e. The third-order valence-electron chi connectivity index (χ3n) is 2.18. The van der Waals surface area contributed by atoms with Crippen molar-refractivity contribution in [2.45, 2.75) is 0 Å². The molecule has 0 bridgehead atoms. The monoisotopic (exact) mass is 229 g/mol. The van der Waals surface area contributed by atoms with Crippen molar-refractivity contribution in [3.8, 4) is 6.07 Å². The number of pyridine rings is 1. The normalized spacial score (nSPS) is 9.71. The third-order valence-corrected chi connectivity index (χ3v) is 2.18. The summed E-state index contributed by atoms with van der Waals surface area (Å²) in [5, 5.41) is 16.5. The molecule has 86 valence electrons. The molecule has 7 nitrogen and oxygen atoms in total. The highest BCUT2D eigenvalue weighted by molar-refractivity contribution is 5.68. The van der Waals surface area contributed by atoms with Gasteiger partial charge in [0.2, 0.25) is 0 Å². The van der Waals surface area contributed by atoms with Crippen molar-refractivity contribution in [3.63, 3.8) is 0 Å². The second kappa shape index (κ2) is 4.49. The van der Waals surface area contributed by atoms with Crippen LogP contribution in [0.3, 0.4) is 0 Å². The summed E-state index contributed by atoms with van der Waals surface area (Å²) in [4.78, 5) is 5.99. The Balaban J connectivity index is 2.41. The minimum absolute atomic E-state index is 0.471. The second-order valence-corrected chi connectivity index (χ2v) is 3.54. The van der Waals surface area contributed by atoms with E-state index in [1.807, 2.05) is 19.0 Å². The highest BCUT2D eigenvalue weighted by atomic mass is 15.5. The van der Waals surface area contributed by atoms with Crippen molar-refractivity contribution < 1.29 is 0 Å². The molecule has 0 aliphatic heterocycles. The van der Waals surface area contributed by atoms with Crippen LogP contribution in [0.15, 0.2) is 24.9 Å². The Labute approximate surface area is 98.3 Å². The Hall–Kier alpha value is -2.62. The second-order valence-electron chi connectivity index (χ2n) is 3.54. The molecule has 1 N–H and O–H groups in total. The van der Waals surface area contributed by atoms with Crippen LogP contribution in [0.25, 0.3) is 0 Å². The van der Waals surface area contributed by atoms with Gasteiger partial charge in [-0.15, -0.1) is 10.2 Å². The number of anilines is 2. The van der Waals surface area contributed by atoms with Crippen LogP contribution in [-0.2, 0) is 0 Å². The fraction of sp³-hybridized carbons (Fsp3) is 0.200. The van der Waals surface area contributed by atoms with Gasteiger partial charge in [0.05, 0.1) is 5.69 Å². The van der Waals surface area contributed by atoms with E-state index in [1.54, 1.807) is 12.3 Å². The van der Waals surface area contributed by atoms with Crippen molar-refractivity contribution in [2.24, 2.45) is 0 Å². The van der Waals surface area contributed by atoms with Crippen LogP contribution in [0.1, 0.15) is 5.56 Å². The van der Waals surface area contributed by atoms with Gasteiger partial charge in [-0.2, -0.15) is 5.26 Å². The molecule has 17 heavy (non-hydrogen) atoms. The van der Waals surface area contributed by atoms with Gasteiger partial charge in [-0.05, 0) is 6.07 Å². The van der Waals surface area contributed by atoms with Crippen LogP contribution in [0, 0.1) is 11.3 Å². The number of nitrogens with one attached hydrogen (secondary N) is 1. The van der Waals surface area contributed by atoms with E-state index in [0.717, 1.165) is 5.69 Å². The van der Waals surface area contributed by atoms with E-state index in [1.165, 1.54) is 17.3 Å². The molecule has 7 heteroatoms. The van der Waals surface area contributed by atoms with Crippen molar-refractivity contribution in [1.29, 1.82) is 5.26 Å². The smallest absolute Gasteiger partial charge is 0.165 e. The molecule has 0 unspecified atom stereocenters. The molecular formula is C10H11N7. The number of nitriles is 1. The molecule has 0 fully saturated rings. The predicted octanol–water partition coefficient (Wildman–Crippen LogP) is 0.486. The van der Waals surface area contributed by atoms with E-state index in [9.17, 15) is 5.26 Å². The van der Waals surface area contributed by atoms with Gasteiger partial charge in [-0.1, -0.05) is 0 Å². The van der Waals surface area contributed by atoms with Gasteiger partial charge >= 0.3 is 0 Å². The molecule has 2 rings (SSSR count). The van der Waals surface area contributed by atoms with Gasteiger partial charge in [0.15, 0.2) is 5.82 Å². The highest BCUT2D eigenvalue weighted by Crippen LogP contribution is 2.22. The predicted molar refractivity (Wildman–Crippen MR) is 62.3 cm³/mol. The first kappa shape index (κ1) is 10.9. The summed E-state index contributed by atoms with van der Waals surface area (Å²) in [5.41, 5.74) is 4.21. The molecule has 2 aromatic rings. The molecule has 0 atom stereocenters. The Morgan fingerprint density at radius 1 is 1.35 bits per heavy atom. The number of hydrogen-bond acceptors (Lipinski definition) is 6. The molecule has 0 aliphatic carbocycles. The summed E-state index contributed by atoms with van der Waals surface area (Å²) in [6.45, 7) is 0. The van der Waals surface area contributed by atoms with Crippen molar-refractivity contribution >= 4 is 11.5 Å². The van der Waals surface area contributed by atoms with Crippen molar-refractivity contribution in [2.75, 3.05) is 24.4 Å². The van der Waals surface area contributed by atoms with Crippen LogP contribution in [0.2, 0.25) is 0 Å². The number of hydrogen-bond donors (Lipinski definition) is 1. The number of rotatable bonds is 3. The quantitative estimate of drug-likeness (QED) is 0.824. The Morgan fingerprint density at radius 3 is 2.65 bits per heavy atom. The molecular weight excluding hydrogens is 218 g/mol. The molecule has 0 amide bonds. The van der Waals surface area contributed by atoms with E-state index in [0.29, 0.717) is 11.4 Å². The van der Waals surface area contributed by atoms with Gasteiger partial charge in [0.1, 0.15) is 24.3 Å². The topological polar surface area (TPSA) is 82.7 Å². The fourth-order valence-corrected chi connectivity index (χ4v) is 1.40. The van der Waals surface area contributed by atoms with Gasteiger partial charge in [-0.25, -0.2) is 9.66 Å². The molecule has 0 saturated heterocycles. The van der Waals surface area contributed by atoms with E-state index in [4.69, 9.17) is 0 Å². The Morgan fingerprint density at radius 2 is 2.06 bits per heavy atom. The lowest BCUT2D eigenvalue weighted by Gasteiger charge is -2.16. The van der Waals surface area contributed by atoms with Gasteiger partial charge in [0, 0.05) is 20.3 Å². The van der Waals surface area contributed by atoms with E-state index >= 15 is 0 Å². The average Bonchev–Trinajstić information content (AvgIpc) is 2.81. The Kier molecular flexibility index (Phi) is 2.87. The first-order chi connectivity index (χ1) is 8.22. The summed E-state index contributed by atoms with van der Waals surface area (Å²) in [5.74, 6) is 0.471. The van der Waals surface area contributed by atoms with Crippen LogP contribution < -0.4 is 10.3 Å². The maximum atomic E-state index is 9.18. The first-order valence-electron chi connectivity index (χ1n) is 4.90. The standard InChI is InChI=1S/C10H11N7/c1-16(2)9-3-4-12-10(8(9)5-11)15-17-6-13-14-7-17/h3-4,6-7H,1-2H3,(H,12,15). The van der Waals surface area contributed by atoms with Crippen LogP contribution in [-0.4, -0.2) is 34.0 Å². The van der Waals surface area contributed by atoms with Gasteiger partial charge in [-0.3, -0.25) is 5.43 Å². The minimum Gasteiger partial charge on any atom is -0.376 e. The van der Waals surface area contributed by atoms with Crippen molar-refractivity contribution in [3.05, 3.63) is 30.5 Å². The summed E-state index contributed by atoms with van der Waals surface area (Å²) < 4.78 is 1.53. The minimum atomic E-state index is 0.471. The number of aromatic nitrogens is 4. The number of nitrogens with zero attached hydrogens (tertiary/aromatic N) is 6. The molecule has 0 spiro atoms. The maximum absolute atomic E-state index is 9.18. The van der Waals surface area contributed by atoms with Crippen LogP contribution in [0.4, 0.5) is 11.5 Å². The van der Waals surface area contributed by atoms with E-state index in [-0.39, 0.29) is 0 Å². The Bertz CT molecular complexity index is 538. The van der Waals surface area contributed by atoms with Crippen LogP contribution in [0.5, 0.6) is 0 Å². The van der Waals surface area contributed by atoms with E-state index in [2.05, 4.69) is 26.7 Å². The molecule has 2 heterocycles. The summed E-state index contributed by atoms with van der Waals surface area (Å²) in [7, 11) is 3.75. The lowest BCUT2D eigenvalue weighted by Crippen LogP contribution is -2.14. The SMILES string of the molecule is CN(C)c1ccnc(Nn2cnnc2)c1C#N. The zero-order chi connectivity index (χ0) is 12.3. The fourth-order valence-electron chi connectivity index (χ4n) is 1.40. The lowest BCUT2D eigenvalue weighted by atomic mass is 10.2. The molecule has 0 aliphatic rings. The highest BCUT2D eigenvalue weighted by Gasteiger charge is 2.10. The van der Waals surface area contributed by atoms with Gasteiger partial charge < -0.3 is 4.90 Å². The molecule has 2 aromatic heterocycles.